The average molecular weight is 493 g/mol. The van der Waals surface area contributed by atoms with Gasteiger partial charge in [-0.3, -0.25) is 9.69 Å². The smallest absolute Gasteiger partial charge is 0.251 e. The van der Waals surface area contributed by atoms with Gasteiger partial charge in [0.25, 0.3) is 5.91 Å². The lowest BCUT2D eigenvalue weighted by Gasteiger charge is -2.34. The van der Waals surface area contributed by atoms with Gasteiger partial charge in [-0.2, -0.15) is 4.68 Å². The Morgan fingerprint density at radius 1 is 1.28 bits per heavy atom. The summed E-state index contributed by atoms with van der Waals surface area (Å²) in [5.41, 5.74) is 3.29. The Hall–Kier alpha value is -3.70. The van der Waals surface area contributed by atoms with Gasteiger partial charge < -0.3 is 24.3 Å². The maximum absolute atomic E-state index is 12.8. The second-order valence-corrected chi connectivity index (χ2v) is 9.19. The first-order chi connectivity index (χ1) is 17.6. The Kier molecular flexibility index (Phi) is 5.94. The standard InChI is InChI=1S/C25H28N6O5/c1-30-9-8-15-12-19-22(36-14-35-19)23(33-2)20(15)21(30)24-27-28-29-31(24)17-6-3-5-16(11-17)25(32)26-13-18-7-4-10-34-18/h3,5-6,11-12,18,21H,4,7-10,13-14H2,1-2H3,(H,26,32)/t18-,21-/m0/s1. The summed E-state index contributed by atoms with van der Waals surface area (Å²) in [6, 6.07) is 9.03. The van der Waals surface area contributed by atoms with Gasteiger partial charge in [0.2, 0.25) is 12.5 Å². The van der Waals surface area contributed by atoms with Gasteiger partial charge >= 0.3 is 0 Å². The van der Waals surface area contributed by atoms with Crippen molar-refractivity contribution in [1.29, 1.82) is 0 Å². The molecule has 0 radical (unpaired) electrons. The van der Waals surface area contributed by atoms with Gasteiger partial charge in [-0.05, 0) is 66.6 Å². The van der Waals surface area contributed by atoms with Crippen LogP contribution in [0.4, 0.5) is 0 Å². The number of nitrogens with zero attached hydrogens (tertiary/aromatic N) is 5. The summed E-state index contributed by atoms with van der Waals surface area (Å²) in [5.74, 6) is 2.38. The number of benzene rings is 2. The highest BCUT2D eigenvalue weighted by Gasteiger charge is 2.37. The molecule has 36 heavy (non-hydrogen) atoms. The Morgan fingerprint density at radius 2 is 2.19 bits per heavy atom. The molecule has 1 saturated heterocycles. The van der Waals surface area contributed by atoms with Crippen molar-refractivity contribution in [2.75, 3.05) is 40.6 Å². The molecule has 2 aromatic carbocycles. The molecule has 1 fully saturated rings. The van der Waals surface area contributed by atoms with E-state index in [1.807, 2.05) is 25.2 Å². The number of likely N-dealkylation sites (N-methyl/N-ethyl adjacent to an activating group) is 1. The Morgan fingerprint density at radius 3 is 3.03 bits per heavy atom. The van der Waals surface area contributed by atoms with Crippen molar-refractivity contribution in [3.63, 3.8) is 0 Å². The van der Waals surface area contributed by atoms with Crippen LogP contribution in [0.1, 0.15) is 46.2 Å². The normalized spacial score (nSPS) is 20.8. The molecule has 1 amide bonds. The number of carbonyl (C=O) groups is 1. The number of rotatable bonds is 6. The number of hydrogen-bond donors (Lipinski definition) is 1. The zero-order valence-electron chi connectivity index (χ0n) is 20.3. The van der Waals surface area contributed by atoms with Crippen LogP contribution in [0, 0.1) is 0 Å². The summed E-state index contributed by atoms with van der Waals surface area (Å²) < 4.78 is 24.5. The highest BCUT2D eigenvalue weighted by atomic mass is 16.7. The van der Waals surface area contributed by atoms with Crippen molar-refractivity contribution in [3.8, 4) is 22.9 Å². The monoisotopic (exact) mass is 492 g/mol. The first-order valence-corrected chi connectivity index (χ1v) is 12.1. The number of amides is 1. The van der Waals surface area contributed by atoms with E-state index in [-0.39, 0.29) is 24.8 Å². The number of methoxy groups -OCH3 is 1. The summed E-state index contributed by atoms with van der Waals surface area (Å²) in [6.07, 6.45) is 2.91. The van der Waals surface area contributed by atoms with Crippen LogP contribution in [0.5, 0.6) is 17.2 Å². The van der Waals surface area contributed by atoms with E-state index in [2.05, 4.69) is 25.7 Å². The van der Waals surface area contributed by atoms with Crippen LogP contribution in [-0.4, -0.2) is 77.8 Å². The SMILES string of the molecule is COc1c2c(cc3c1[C@@H](c1nnnn1-c1cccc(C(=O)NC[C@@H]4CCCO4)c1)N(C)CC3)OCO2. The van der Waals surface area contributed by atoms with Crippen LogP contribution in [0.15, 0.2) is 30.3 Å². The number of nitrogens with one attached hydrogen (secondary N) is 1. The Labute approximate surface area is 208 Å². The van der Waals surface area contributed by atoms with Crippen molar-refractivity contribution in [1.82, 2.24) is 30.4 Å². The van der Waals surface area contributed by atoms with E-state index >= 15 is 0 Å². The molecule has 188 valence electrons. The number of tetrazole rings is 1. The molecule has 6 rings (SSSR count). The Bertz CT molecular complexity index is 1290. The van der Waals surface area contributed by atoms with Gasteiger partial charge in [-0.15, -0.1) is 5.10 Å². The Balaban J connectivity index is 1.34. The highest BCUT2D eigenvalue weighted by Crippen LogP contribution is 2.50. The summed E-state index contributed by atoms with van der Waals surface area (Å²) >= 11 is 0. The second-order valence-electron chi connectivity index (χ2n) is 9.19. The van der Waals surface area contributed by atoms with Crippen molar-refractivity contribution < 1.29 is 23.7 Å². The lowest BCUT2D eigenvalue weighted by molar-refractivity contribution is 0.0857. The predicted octanol–water partition coefficient (Wildman–Crippen LogP) is 1.89. The number of carbonyl (C=O) groups excluding carboxylic acids is 1. The van der Waals surface area contributed by atoms with Gasteiger partial charge in [0, 0.05) is 30.8 Å². The molecule has 1 N–H and O–H groups in total. The average Bonchev–Trinajstić information content (AvgIpc) is 3.68. The maximum Gasteiger partial charge on any atom is 0.251 e. The first kappa shape index (κ1) is 22.7. The fourth-order valence-electron chi connectivity index (χ4n) is 5.20. The summed E-state index contributed by atoms with van der Waals surface area (Å²) in [5, 5.41) is 15.7. The van der Waals surface area contributed by atoms with E-state index in [9.17, 15) is 4.79 Å². The maximum atomic E-state index is 12.8. The molecule has 0 saturated carbocycles. The van der Waals surface area contributed by atoms with Crippen LogP contribution < -0.4 is 19.5 Å². The predicted molar refractivity (Wildman–Crippen MR) is 128 cm³/mol. The van der Waals surface area contributed by atoms with E-state index < -0.39 is 0 Å². The molecule has 11 heteroatoms. The van der Waals surface area contributed by atoms with E-state index in [1.54, 1.807) is 23.9 Å². The number of ether oxygens (including phenoxy) is 4. The molecule has 0 bridgehead atoms. The fourth-order valence-corrected chi connectivity index (χ4v) is 5.20. The summed E-state index contributed by atoms with van der Waals surface area (Å²) in [6.45, 7) is 2.22. The zero-order valence-corrected chi connectivity index (χ0v) is 20.3. The molecule has 2 atom stereocenters. The van der Waals surface area contributed by atoms with Gasteiger partial charge in [-0.25, -0.2) is 0 Å². The van der Waals surface area contributed by atoms with E-state index in [4.69, 9.17) is 18.9 Å². The van der Waals surface area contributed by atoms with Crippen molar-refractivity contribution >= 4 is 5.91 Å². The molecule has 0 spiro atoms. The van der Waals surface area contributed by atoms with Crippen LogP contribution in [0.2, 0.25) is 0 Å². The minimum Gasteiger partial charge on any atom is -0.492 e. The third kappa shape index (κ3) is 3.94. The minimum atomic E-state index is -0.287. The van der Waals surface area contributed by atoms with Gasteiger partial charge in [0.1, 0.15) is 6.04 Å². The van der Waals surface area contributed by atoms with E-state index in [0.717, 1.165) is 43.5 Å². The first-order valence-electron chi connectivity index (χ1n) is 12.1. The quantitative estimate of drug-likeness (QED) is 0.551. The molecule has 3 aromatic rings. The third-order valence-corrected chi connectivity index (χ3v) is 7.00. The minimum absolute atomic E-state index is 0.0796. The molecule has 0 aliphatic carbocycles. The largest absolute Gasteiger partial charge is 0.492 e. The second kappa shape index (κ2) is 9.40. The lowest BCUT2D eigenvalue weighted by atomic mass is 9.90. The van der Waals surface area contributed by atoms with Crippen LogP contribution >= 0.6 is 0 Å². The van der Waals surface area contributed by atoms with Crippen molar-refractivity contribution in [2.45, 2.75) is 31.4 Å². The molecular weight excluding hydrogens is 464 g/mol. The molecule has 3 aliphatic heterocycles. The number of aromatic nitrogens is 4. The van der Waals surface area contributed by atoms with Crippen LogP contribution in [-0.2, 0) is 11.2 Å². The highest BCUT2D eigenvalue weighted by molar-refractivity contribution is 5.94. The molecular formula is C25H28N6O5. The van der Waals surface area contributed by atoms with Gasteiger partial charge in [0.05, 0.1) is 18.9 Å². The fraction of sp³-hybridized carbons (Fsp3) is 0.440. The molecule has 3 aliphatic rings. The summed E-state index contributed by atoms with van der Waals surface area (Å²) in [7, 11) is 3.66. The lowest BCUT2D eigenvalue weighted by Crippen LogP contribution is -2.35. The molecule has 4 heterocycles. The van der Waals surface area contributed by atoms with Gasteiger partial charge in [0.15, 0.2) is 17.3 Å². The van der Waals surface area contributed by atoms with Crippen molar-refractivity contribution in [3.05, 3.63) is 52.8 Å². The van der Waals surface area contributed by atoms with Crippen molar-refractivity contribution in [2.24, 2.45) is 0 Å². The van der Waals surface area contributed by atoms with E-state index in [1.165, 1.54) is 0 Å². The molecule has 0 unspecified atom stereocenters. The van der Waals surface area contributed by atoms with E-state index in [0.29, 0.717) is 40.9 Å². The summed E-state index contributed by atoms with van der Waals surface area (Å²) in [4.78, 5) is 15.0. The molecule has 11 nitrogen and oxygen atoms in total. The van der Waals surface area contributed by atoms with Crippen LogP contribution in [0.3, 0.4) is 0 Å². The van der Waals surface area contributed by atoms with Crippen LogP contribution in [0.25, 0.3) is 5.69 Å². The third-order valence-electron chi connectivity index (χ3n) is 7.00. The molecule has 1 aromatic heterocycles. The number of hydrogen-bond acceptors (Lipinski definition) is 9. The topological polar surface area (TPSA) is 113 Å². The number of fused-ring (bicyclic) bond motifs is 2. The zero-order chi connectivity index (χ0) is 24.6. The van der Waals surface area contributed by atoms with Gasteiger partial charge in [-0.1, -0.05) is 6.07 Å².